The largest absolute Gasteiger partial charge is 0.396 e. The fourth-order valence-corrected chi connectivity index (χ4v) is 2.20. The van der Waals surface area contributed by atoms with E-state index in [0.29, 0.717) is 6.61 Å². The van der Waals surface area contributed by atoms with E-state index in [4.69, 9.17) is 5.11 Å². The number of hydrogen-bond donors (Lipinski definition) is 2. The molecule has 2 rings (SSSR count). The lowest BCUT2D eigenvalue weighted by molar-refractivity contribution is 0.117. The summed E-state index contributed by atoms with van der Waals surface area (Å²) < 4.78 is 0. The van der Waals surface area contributed by atoms with Crippen molar-refractivity contribution in [2.75, 3.05) is 26.2 Å². The van der Waals surface area contributed by atoms with Crippen molar-refractivity contribution in [3.8, 4) is 0 Å². The lowest BCUT2D eigenvalue weighted by Crippen LogP contribution is -2.44. The maximum absolute atomic E-state index is 8.87. The Balaban J connectivity index is 1.61. The molecular weight excluding hydrogens is 188 g/mol. The highest BCUT2D eigenvalue weighted by Crippen LogP contribution is 2.24. The molecule has 3 nitrogen and oxygen atoms in total. The van der Waals surface area contributed by atoms with Gasteiger partial charge in [0.05, 0.1) is 0 Å². The first-order chi connectivity index (χ1) is 7.40. The Hall–Kier alpha value is -0.120. The van der Waals surface area contributed by atoms with Crippen molar-refractivity contribution in [1.82, 2.24) is 10.2 Å². The number of aliphatic hydroxyl groups excluding tert-OH is 1. The summed E-state index contributed by atoms with van der Waals surface area (Å²) in [5, 5.41) is 12.4. The van der Waals surface area contributed by atoms with Gasteiger partial charge in [-0.1, -0.05) is 6.42 Å². The van der Waals surface area contributed by atoms with Crippen LogP contribution in [0.15, 0.2) is 0 Å². The van der Waals surface area contributed by atoms with E-state index in [9.17, 15) is 0 Å². The van der Waals surface area contributed by atoms with Crippen molar-refractivity contribution >= 4 is 0 Å². The molecule has 0 heterocycles. The van der Waals surface area contributed by atoms with Gasteiger partial charge in [-0.3, -0.25) is 4.90 Å². The van der Waals surface area contributed by atoms with Crippen LogP contribution < -0.4 is 5.32 Å². The Kier molecular flexibility index (Phi) is 4.42. The average molecular weight is 212 g/mol. The maximum Gasteiger partial charge on any atom is 0.0443 e. The number of hydrogen-bond acceptors (Lipinski definition) is 3. The smallest absolute Gasteiger partial charge is 0.0443 e. The molecule has 2 N–H and O–H groups in total. The Labute approximate surface area is 92.8 Å². The van der Waals surface area contributed by atoms with Crippen LogP contribution in [0.25, 0.3) is 0 Å². The molecule has 0 aromatic carbocycles. The van der Waals surface area contributed by atoms with Crippen molar-refractivity contribution in [2.45, 2.75) is 50.6 Å². The third-order valence-corrected chi connectivity index (χ3v) is 3.60. The van der Waals surface area contributed by atoms with Gasteiger partial charge in [-0.15, -0.1) is 0 Å². The van der Waals surface area contributed by atoms with Gasteiger partial charge < -0.3 is 10.4 Å². The minimum atomic E-state index is 0.333. The molecule has 15 heavy (non-hydrogen) atoms. The Morgan fingerprint density at radius 2 is 1.93 bits per heavy atom. The summed E-state index contributed by atoms with van der Waals surface area (Å²) in [6, 6.07) is 1.64. The van der Waals surface area contributed by atoms with Crippen LogP contribution >= 0.6 is 0 Å². The first-order valence-electron chi connectivity index (χ1n) is 6.48. The molecule has 0 aromatic rings. The SMILES string of the molecule is OCCCN(CCNC1CC1)C1CCC1. The van der Waals surface area contributed by atoms with Gasteiger partial charge in [-0.2, -0.15) is 0 Å². The maximum atomic E-state index is 8.87. The standard InChI is InChI=1S/C12H24N2O/c15-10-2-8-14(12-3-1-4-12)9-7-13-11-5-6-11/h11-13,15H,1-10H2. The van der Waals surface area contributed by atoms with Gasteiger partial charge in [0.1, 0.15) is 0 Å². The molecule has 2 aliphatic rings. The van der Waals surface area contributed by atoms with Crippen LogP contribution in [0.2, 0.25) is 0 Å². The minimum Gasteiger partial charge on any atom is -0.396 e. The molecule has 3 heteroatoms. The predicted octanol–water partition coefficient (Wildman–Crippen LogP) is 0.975. The molecule has 0 atom stereocenters. The summed E-state index contributed by atoms with van der Waals surface area (Å²) in [6.07, 6.45) is 7.82. The summed E-state index contributed by atoms with van der Waals surface area (Å²) in [6.45, 7) is 3.71. The quantitative estimate of drug-likeness (QED) is 0.629. The van der Waals surface area contributed by atoms with E-state index in [2.05, 4.69) is 10.2 Å². The molecule has 0 bridgehead atoms. The molecule has 0 saturated heterocycles. The highest BCUT2D eigenvalue weighted by atomic mass is 16.3. The molecule has 0 aromatic heterocycles. The van der Waals surface area contributed by atoms with E-state index in [-0.39, 0.29) is 0 Å². The minimum absolute atomic E-state index is 0.333. The van der Waals surface area contributed by atoms with Gasteiger partial charge in [-0.05, 0) is 32.1 Å². The zero-order valence-corrected chi connectivity index (χ0v) is 9.62. The third-order valence-electron chi connectivity index (χ3n) is 3.60. The van der Waals surface area contributed by atoms with Crippen LogP contribution in [-0.4, -0.2) is 48.3 Å². The molecule has 2 fully saturated rings. The monoisotopic (exact) mass is 212 g/mol. The van der Waals surface area contributed by atoms with Gasteiger partial charge in [0, 0.05) is 38.3 Å². The van der Waals surface area contributed by atoms with Crippen molar-refractivity contribution in [2.24, 2.45) is 0 Å². The number of nitrogens with one attached hydrogen (secondary N) is 1. The van der Waals surface area contributed by atoms with Crippen molar-refractivity contribution in [1.29, 1.82) is 0 Å². The van der Waals surface area contributed by atoms with Crippen LogP contribution in [0.3, 0.4) is 0 Å². The summed E-state index contributed by atoms with van der Waals surface area (Å²) in [7, 11) is 0. The van der Waals surface area contributed by atoms with E-state index < -0.39 is 0 Å². The van der Waals surface area contributed by atoms with Crippen molar-refractivity contribution < 1.29 is 5.11 Å². The lowest BCUT2D eigenvalue weighted by Gasteiger charge is -2.37. The topological polar surface area (TPSA) is 35.5 Å². The molecule has 0 spiro atoms. The van der Waals surface area contributed by atoms with E-state index in [1.54, 1.807) is 0 Å². The Morgan fingerprint density at radius 1 is 1.13 bits per heavy atom. The molecule has 88 valence electrons. The van der Waals surface area contributed by atoms with Crippen molar-refractivity contribution in [3.63, 3.8) is 0 Å². The van der Waals surface area contributed by atoms with Gasteiger partial charge in [-0.25, -0.2) is 0 Å². The van der Waals surface area contributed by atoms with Crippen LogP contribution in [0.1, 0.15) is 38.5 Å². The molecule has 2 aliphatic carbocycles. The second kappa shape index (κ2) is 5.83. The first-order valence-corrected chi connectivity index (χ1v) is 6.48. The summed E-state index contributed by atoms with van der Waals surface area (Å²) >= 11 is 0. The fraction of sp³-hybridized carbons (Fsp3) is 1.00. The van der Waals surface area contributed by atoms with Gasteiger partial charge in [0.15, 0.2) is 0 Å². The summed E-state index contributed by atoms with van der Waals surface area (Å²) in [4.78, 5) is 2.56. The van der Waals surface area contributed by atoms with Gasteiger partial charge >= 0.3 is 0 Å². The van der Waals surface area contributed by atoms with E-state index in [1.165, 1.54) is 38.6 Å². The Morgan fingerprint density at radius 3 is 2.47 bits per heavy atom. The van der Waals surface area contributed by atoms with E-state index >= 15 is 0 Å². The molecule has 0 aliphatic heterocycles. The van der Waals surface area contributed by atoms with Crippen LogP contribution in [-0.2, 0) is 0 Å². The summed E-state index contributed by atoms with van der Waals surface area (Å²) in [5.41, 5.74) is 0. The predicted molar refractivity (Wildman–Crippen MR) is 61.9 cm³/mol. The molecule has 2 saturated carbocycles. The zero-order valence-electron chi connectivity index (χ0n) is 9.62. The molecule has 0 radical (unpaired) electrons. The molecule has 0 unspecified atom stereocenters. The average Bonchev–Trinajstić information content (AvgIpc) is 2.94. The van der Waals surface area contributed by atoms with Crippen molar-refractivity contribution in [3.05, 3.63) is 0 Å². The molecule has 0 amide bonds. The Bertz CT molecular complexity index is 178. The zero-order chi connectivity index (χ0) is 10.5. The van der Waals surface area contributed by atoms with Crippen LogP contribution in [0, 0.1) is 0 Å². The van der Waals surface area contributed by atoms with Gasteiger partial charge in [0.2, 0.25) is 0 Å². The van der Waals surface area contributed by atoms with Crippen LogP contribution in [0.4, 0.5) is 0 Å². The number of nitrogens with zero attached hydrogens (tertiary/aromatic N) is 1. The second-order valence-corrected chi connectivity index (χ2v) is 4.93. The second-order valence-electron chi connectivity index (χ2n) is 4.93. The summed E-state index contributed by atoms with van der Waals surface area (Å²) in [5.74, 6) is 0. The normalized spacial score (nSPS) is 22.0. The fourth-order valence-electron chi connectivity index (χ4n) is 2.20. The highest BCUT2D eigenvalue weighted by molar-refractivity contribution is 4.83. The lowest BCUT2D eigenvalue weighted by atomic mass is 9.91. The third kappa shape index (κ3) is 3.74. The number of aliphatic hydroxyl groups is 1. The van der Waals surface area contributed by atoms with Crippen LogP contribution in [0.5, 0.6) is 0 Å². The van der Waals surface area contributed by atoms with E-state index in [1.807, 2.05) is 0 Å². The first kappa shape index (κ1) is 11.4. The number of rotatable bonds is 8. The molecular formula is C12H24N2O. The van der Waals surface area contributed by atoms with E-state index in [0.717, 1.165) is 31.6 Å². The highest BCUT2D eigenvalue weighted by Gasteiger charge is 2.25. The van der Waals surface area contributed by atoms with Gasteiger partial charge in [0.25, 0.3) is 0 Å².